The van der Waals surface area contributed by atoms with E-state index in [1.54, 1.807) is 0 Å². The molecule has 0 N–H and O–H groups in total. The van der Waals surface area contributed by atoms with E-state index in [2.05, 4.69) is 4.37 Å². The molecule has 0 unspecified atom stereocenters. The highest BCUT2D eigenvalue weighted by molar-refractivity contribution is 7.73. The highest BCUT2D eigenvalue weighted by Crippen LogP contribution is 1.99. The van der Waals surface area contributed by atoms with E-state index in [-0.39, 0.29) is 0 Å². The summed E-state index contributed by atoms with van der Waals surface area (Å²) < 4.78 is 6.74. The highest BCUT2D eigenvalue weighted by Gasteiger charge is 1.91. The molecule has 0 bridgehead atoms. The van der Waals surface area contributed by atoms with Gasteiger partial charge in [0.05, 0.1) is 0 Å². The van der Waals surface area contributed by atoms with Crippen molar-refractivity contribution in [3.05, 3.63) is 9.78 Å². The first kappa shape index (κ1) is 5.91. The molecule has 0 aromatic carbocycles. The average molecular weight is 146 g/mol. The third kappa shape index (κ3) is 0.809. The van der Waals surface area contributed by atoms with Gasteiger partial charge < -0.3 is 4.57 Å². The summed E-state index contributed by atoms with van der Waals surface area (Å²) in [6, 6.07) is 0. The number of hydrogen-bond acceptors (Lipinski definition) is 3. The van der Waals surface area contributed by atoms with Gasteiger partial charge in [0.15, 0.2) is 3.95 Å². The fourth-order valence-electron chi connectivity index (χ4n) is 0.360. The van der Waals surface area contributed by atoms with Crippen LogP contribution in [0.4, 0.5) is 0 Å². The summed E-state index contributed by atoms with van der Waals surface area (Å²) in [4.78, 5) is 0. The molecule has 0 atom stereocenters. The van der Waals surface area contributed by atoms with E-state index < -0.39 is 0 Å². The Balaban J connectivity index is 3.41. The largest absolute Gasteiger partial charge is 0.314 e. The molecule has 1 rings (SSSR count). The van der Waals surface area contributed by atoms with E-state index in [4.69, 9.17) is 12.2 Å². The molecule has 0 radical (unpaired) electrons. The first-order valence-electron chi connectivity index (χ1n) is 2.21. The number of rotatable bonds is 0. The van der Waals surface area contributed by atoms with Gasteiger partial charge in [-0.25, -0.2) is 0 Å². The maximum absolute atomic E-state index is 4.89. The van der Waals surface area contributed by atoms with Gasteiger partial charge in [0.1, 0.15) is 5.82 Å². The van der Waals surface area contributed by atoms with Gasteiger partial charge in [-0.15, -0.1) is 0 Å². The van der Waals surface area contributed by atoms with Crippen LogP contribution in [0.5, 0.6) is 0 Å². The van der Waals surface area contributed by atoms with Gasteiger partial charge in [-0.2, -0.15) is 4.37 Å². The van der Waals surface area contributed by atoms with Gasteiger partial charge in [-0.05, 0) is 30.7 Å². The Labute approximate surface area is 57.0 Å². The predicted molar refractivity (Wildman–Crippen MR) is 36.7 cm³/mol. The first-order chi connectivity index (χ1) is 3.72. The lowest BCUT2D eigenvalue weighted by Gasteiger charge is -1.86. The Hall–Kier alpha value is -0.220. The molecule has 1 aromatic heterocycles. The number of aromatic nitrogens is 2. The van der Waals surface area contributed by atoms with Crippen LogP contribution in [-0.4, -0.2) is 8.94 Å². The number of hydrogen-bond donors (Lipinski definition) is 0. The fraction of sp³-hybridized carbons (Fsp3) is 0.500. The third-order valence-electron chi connectivity index (χ3n) is 1.02. The van der Waals surface area contributed by atoms with Crippen molar-refractivity contribution in [3.63, 3.8) is 0 Å². The minimum absolute atomic E-state index is 0.836. The lowest BCUT2D eigenvalue weighted by atomic mass is 10.7. The Kier molecular flexibility index (Phi) is 1.44. The molecule has 0 saturated heterocycles. The molecule has 0 fully saturated rings. The topological polar surface area (TPSA) is 17.8 Å². The van der Waals surface area contributed by atoms with Crippen molar-refractivity contribution < 1.29 is 0 Å². The fourth-order valence-corrected chi connectivity index (χ4v) is 1.19. The molecular weight excluding hydrogens is 140 g/mol. The normalized spacial score (nSPS) is 9.75. The molecule has 8 heavy (non-hydrogen) atoms. The third-order valence-corrected chi connectivity index (χ3v) is 2.30. The monoisotopic (exact) mass is 146 g/mol. The Morgan fingerprint density at radius 1 is 1.75 bits per heavy atom. The van der Waals surface area contributed by atoms with Gasteiger partial charge in [0.2, 0.25) is 0 Å². The molecule has 0 spiro atoms. The zero-order valence-corrected chi connectivity index (χ0v) is 6.34. The van der Waals surface area contributed by atoms with Crippen molar-refractivity contribution in [2.24, 2.45) is 7.05 Å². The quantitative estimate of drug-likeness (QED) is 0.516. The van der Waals surface area contributed by atoms with Gasteiger partial charge in [-0.1, -0.05) is 0 Å². The highest BCUT2D eigenvalue weighted by atomic mass is 32.2. The van der Waals surface area contributed by atoms with Crippen molar-refractivity contribution in [2.45, 2.75) is 6.92 Å². The van der Waals surface area contributed by atoms with Crippen LogP contribution in [0.15, 0.2) is 0 Å². The Morgan fingerprint density at radius 2 is 2.38 bits per heavy atom. The zero-order valence-electron chi connectivity index (χ0n) is 4.71. The van der Waals surface area contributed by atoms with Gasteiger partial charge in [0.25, 0.3) is 0 Å². The van der Waals surface area contributed by atoms with Crippen LogP contribution in [0.1, 0.15) is 5.82 Å². The lowest BCUT2D eigenvalue weighted by molar-refractivity contribution is 0.847. The Morgan fingerprint density at radius 3 is 2.50 bits per heavy atom. The second-order valence-corrected chi connectivity index (χ2v) is 2.95. The van der Waals surface area contributed by atoms with Crippen molar-refractivity contribution in [3.8, 4) is 0 Å². The standard InChI is InChI=1S/C4H6N2S2/c1-3-5-8-4(7)6(3)2/h1-2H3. The van der Waals surface area contributed by atoms with Crippen LogP contribution < -0.4 is 0 Å². The summed E-state index contributed by atoms with van der Waals surface area (Å²) in [5, 5.41) is 0. The van der Waals surface area contributed by atoms with Crippen LogP contribution >= 0.6 is 23.8 Å². The molecule has 0 aliphatic heterocycles. The van der Waals surface area contributed by atoms with Gasteiger partial charge in [0, 0.05) is 7.05 Å². The molecule has 0 saturated carbocycles. The summed E-state index contributed by atoms with van der Waals surface area (Å²) in [6.07, 6.45) is 0. The van der Waals surface area contributed by atoms with E-state index in [1.807, 2.05) is 18.5 Å². The second kappa shape index (κ2) is 1.95. The van der Waals surface area contributed by atoms with E-state index in [1.165, 1.54) is 11.5 Å². The maximum atomic E-state index is 4.89. The van der Waals surface area contributed by atoms with Crippen molar-refractivity contribution in [2.75, 3.05) is 0 Å². The summed E-state index contributed by atoms with van der Waals surface area (Å²) in [7, 11) is 1.92. The number of nitrogens with zero attached hydrogens (tertiary/aromatic N) is 2. The molecule has 0 amide bonds. The molecule has 2 nitrogen and oxygen atoms in total. The lowest BCUT2D eigenvalue weighted by Crippen LogP contribution is -1.89. The van der Waals surface area contributed by atoms with Crippen molar-refractivity contribution in [1.82, 2.24) is 8.94 Å². The molecule has 1 aromatic rings. The van der Waals surface area contributed by atoms with Crippen molar-refractivity contribution >= 4 is 23.8 Å². The Bertz CT molecular complexity index is 234. The van der Waals surface area contributed by atoms with Gasteiger partial charge in [-0.3, -0.25) is 0 Å². The molecular formula is C4H6N2S2. The minimum atomic E-state index is 0.836. The maximum Gasteiger partial charge on any atom is 0.180 e. The summed E-state index contributed by atoms with van der Waals surface area (Å²) in [5.41, 5.74) is 0. The summed E-state index contributed by atoms with van der Waals surface area (Å²) >= 11 is 6.25. The van der Waals surface area contributed by atoms with Crippen LogP contribution in [0.3, 0.4) is 0 Å². The minimum Gasteiger partial charge on any atom is -0.314 e. The van der Waals surface area contributed by atoms with Crippen molar-refractivity contribution in [1.29, 1.82) is 0 Å². The number of aryl methyl sites for hydroxylation is 1. The molecule has 0 aliphatic carbocycles. The van der Waals surface area contributed by atoms with E-state index in [9.17, 15) is 0 Å². The molecule has 1 heterocycles. The molecule has 44 valence electrons. The SMILES string of the molecule is Cc1nsc(=S)n1C. The van der Waals surface area contributed by atoms with Crippen LogP contribution in [-0.2, 0) is 7.05 Å². The summed E-state index contributed by atoms with van der Waals surface area (Å²) in [6.45, 7) is 1.94. The smallest absolute Gasteiger partial charge is 0.180 e. The van der Waals surface area contributed by atoms with Gasteiger partial charge >= 0.3 is 0 Å². The molecule has 0 aliphatic rings. The van der Waals surface area contributed by atoms with Crippen LogP contribution in [0, 0.1) is 10.9 Å². The van der Waals surface area contributed by atoms with E-state index in [0.29, 0.717) is 0 Å². The zero-order chi connectivity index (χ0) is 6.15. The van der Waals surface area contributed by atoms with E-state index >= 15 is 0 Å². The van der Waals surface area contributed by atoms with E-state index in [0.717, 1.165) is 9.78 Å². The van der Waals surface area contributed by atoms with Crippen LogP contribution in [0.25, 0.3) is 0 Å². The average Bonchev–Trinajstić information content (AvgIpc) is 1.98. The second-order valence-electron chi connectivity index (χ2n) is 1.55. The molecule has 4 heteroatoms. The first-order valence-corrected chi connectivity index (χ1v) is 3.39. The summed E-state index contributed by atoms with van der Waals surface area (Å²) in [5.74, 6) is 0.986. The van der Waals surface area contributed by atoms with Crippen LogP contribution in [0.2, 0.25) is 0 Å². The predicted octanol–water partition coefficient (Wildman–Crippen LogP) is 1.52.